The van der Waals surface area contributed by atoms with E-state index in [0.29, 0.717) is 44.2 Å². The van der Waals surface area contributed by atoms with Crippen LogP contribution in [-0.4, -0.2) is 68.7 Å². The van der Waals surface area contributed by atoms with Gasteiger partial charge in [-0.05, 0) is 44.2 Å². The number of carbonyl (C=O) groups is 2. The van der Waals surface area contributed by atoms with Crippen LogP contribution in [0.4, 0.5) is 10.5 Å². The molecule has 0 radical (unpaired) electrons. The molecular formula is C24H32N4O4. The van der Waals surface area contributed by atoms with E-state index < -0.39 is 0 Å². The number of nitrogens with one attached hydrogen (secondary N) is 2. The number of benzene rings is 2. The number of ether oxygens (including phenoxy) is 2. The highest BCUT2D eigenvalue weighted by Crippen LogP contribution is 2.29. The number of hydrogen-bond acceptors (Lipinski definition) is 5. The van der Waals surface area contributed by atoms with Crippen LogP contribution in [0, 0.1) is 6.92 Å². The van der Waals surface area contributed by atoms with Crippen LogP contribution in [-0.2, 0) is 4.79 Å². The number of anilines is 1. The summed E-state index contributed by atoms with van der Waals surface area (Å²) in [6.45, 7) is 6.64. The Balaban J connectivity index is 1.48. The average molecular weight is 441 g/mol. The van der Waals surface area contributed by atoms with Gasteiger partial charge in [-0.3, -0.25) is 9.69 Å². The Morgan fingerprint density at radius 3 is 2.31 bits per heavy atom. The lowest BCUT2D eigenvalue weighted by molar-refractivity contribution is -0.117. The number of nitrogens with zero attached hydrogens (tertiary/aromatic N) is 2. The smallest absolute Gasteiger partial charge is 0.317 e. The molecule has 172 valence electrons. The summed E-state index contributed by atoms with van der Waals surface area (Å²) in [5.74, 6) is 1.35. The van der Waals surface area contributed by atoms with Gasteiger partial charge in [-0.2, -0.15) is 0 Å². The molecule has 2 N–H and O–H groups in total. The molecule has 0 aromatic heterocycles. The monoisotopic (exact) mass is 440 g/mol. The minimum absolute atomic E-state index is 0.0505. The summed E-state index contributed by atoms with van der Waals surface area (Å²) in [5.41, 5.74) is 2.80. The van der Waals surface area contributed by atoms with Crippen molar-refractivity contribution >= 4 is 17.6 Å². The number of aryl methyl sites for hydroxylation is 1. The fourth-order valence-corrected chi connectivity index (χ4v) is 3.68. The van der Waals surface area contributed by atoms with E-state index in [2.05, 4.69) is 15.5 Å². The maximum absolute atomic E-state index is 12.8. The van der Waals surface area contributed by atoms with Crippen molar-refractivity contribution in [2.75, 3.05) is 52.3 Å². The van der Waals surface area contributed by atoms with Crippen molar-refractivity contribution in [3.63, 3.8) is 0 Å². The molecule has 3 rings (SSSR count). The molecule has 2 aromatic rings. The van der Waals surface area contributed by atoms with Crippen LogP contribution in [0.1, 0.15) is 24.1 Å². The molecule has 32 heavy (non-hydrogen) atoms. The summed E-state index contributed by atoms with van der Waals surface area (Å²) in [4.78, 5) is 28.9. The number of methoxy groups -OCH3 is 2. The lowest BCUT2D eigenvalue weighted by Crippen LogP contribution is -2.53. The minimum Gasteiger partial charge on any atom is -0.497 e. The van der Waals surface area contributed by atoms with E-state index in [-0.39, 0.29) is 18.0 Å². The van der Waals surface area contributed by atoms with E-state index in [1.807, 2.05) is 56.3 Å². The van der Waals surface area contributed by atoms with E-state index in [9.17, 15) is 9.59 Å². The largest absolute Gasteiger partial charge is 0.497 e. The summed E-state index contributed by atoms with van der Waals surface area (Å²) in [5, 5.41) is 5.96. The highest BCUT2D eigenvalue weighted by Gasteiger charge is 2.24. The van der Waals surface area contributed by atoms with Crippen LogP contribution in [0.2, 0.25) is 0 Å². The van der Waals surface area contributed by atoms with Crippen molar-refractivity contribution in [2.45, 2.75) is 19.9 Å². The van der Waals surface area contributed by atoms with E-state index in [1.165, 1.54) is 0 Å². The quantitative estimate of drug-likeness (QED) is 0.692. The Labute approximate surface area is 189 Å². The second-order valence-corrected chi connectivity index (χ2v) is 7.96. The normalized spacial score (nSPS) is 15.1. The second kappa shape index (κ2) is 10.9. The zero-order valence-electron chi connectivity index (χ0n) is 19.2. The van der Waals surface area contributed by atoms with Gasteiger partial charge in [0.05, 0.1) is 26.8 Å². The molecule has 1 atom stereocenters. The van der Waals surface area contributed by atoms with Gasteiger partial charge in [0.15, 0.2) is 0 Å². The number of piperazine rings is 1. The van der Waals surface area contributed by atoms with Crippen molar-refractivity contribution in [3.8, 4) is 11.5 Å². The number of amides is 3. The SMILES string of the molecule is COc1ccc(OC)c(C(C)NC(=O)N2CCN(CC(=O)Nc3ccc(C)cc3)CC2)c1. The highest BCUT2D eigenvalue weighted by atomic mass is 16.5. The third kappa shape index (κ3) is 6.13. The first kappa shape index (κ1) is 23.4. The maximum Gasteiger partial charge on any atom is 0.317 e. The van der Waals surface area contributed by atoms with Gasteiger partial charge in [0, 0.05) is 37.4 Å². The van der Waals surface area contributed by atoms with Gasteiger partial charge >= 0.3 is 6.03 Å². The Kier molecular flexibility index (Phi) is 7.94. The summed E-state index contributed by atoms with van der Waals surface area (Å²) in [6.07, 6.45) is 0. The van der Waals surface area contributed by atoms with Gasteiger partial charge in [0.2, 0.25) is 5.91 Å². The zero-order valence-corrected chi connectivity index (χ0v) is 19.2. The van der Waals surface area contributed by atoms with Crippen LogP contribution in [0.25, 0.3) is 0 Å². The van der Waals surface area contributed by atoms with Gasteiger partial charge in [-0.15, -0.1) is 0 Å². The minimum atomic E-state index is -0.245. The maximum atomic E-state index is 12.8. The first-order chi connectivity index (χ1) is 15.4. The molecule has 3 amide bonds. The fourth-order valence-electron chi connectivity index (χ4n) is 3.68. The van der Waals surface area contributed by atoms with E-state index >= 15 is 0 Å². The number of hydrogen-bond donors (Lipinski definition) is 2. The van der Waals surface area contributed by atoms with Gasteiger partial charge < -0.3 is 25.0 Å². The first-order valence-electron chi connectivity index (χ1n) is 10.8. The van der Waals surface area contributed by atoms with E-state index in [1.54, 1.807) is 19.1 Å². The predicted molar refractivity (Wildman–Crippen MR) is 124 cm³/mol. The number of carbonyl (C=O) groups excluding carboxylic acids is 2. The fraction of sp³-hybridized carbons (Fsp3) is 0.417. The molecule has 0 saturated carbocycles. The zero-order chi connectivity index (χ0) is 23.1. The van der Waals surface area contributed by atoms with Crippen molar-refractivity contribution in [1.82, 2.24) is 15.1 Å². The van der Waals surface area contributed by atoms with Crippen LogP contribution < -0.4 is 20.1 Å². The molecular weight excluding hydrogens is 408 g/mol. The molecule has 0 aliphatic carbocycles. The molecule has 1 unspecified atom stereocenters. The van der Waals surface area contributed by atoms with Crippen molar-refractivity contribution in [1.29, 1.82) is 0 Å². The van der Waals surface area contributed by atoms with Gasteiger partial charge in [-0.1, -0.05) is 17.7 Å². The molecule has 1 saturated heterocycles. The van der Waals surface area contributed by atoms with E-state index in [4.69, 9.17) is 9.47 Å². The third-order valence-electron chi connectivity index (χ3n) is 5.61. The topological polar surface area (TPSA) is 83.1 Å². The molecule has 8 heteroatoms. The third-order valence-corrected chi connectivity index (χ3v) is 5.61. The molecule has 0 spiro atoms. The first-order valence-corrected chi connectivity index (χ1v) is 10.8. The summed E-state index contributed by atoms with van der Waals surface area (Å²) in [7, 11) is 3.21. The highest BCUT2D eigenvalue weighted by molar-refractivity contribution is 5.92. The summed E-state index contributed by atoms with van der Waals surface area (Å²) >= 11 is 0. The summed E-state index contributed by atoms with van der Waals surface area (Å²) in [6, 6.07) is 12.9. The molecule has 2 aromatic carbocycles. The van der Waals surface area contributed by atoms with E-state index in [0.717, 1.165) is 16.8 Å². The Bertz CT molecular complexity index is 924. The van der Waals surface area contributed by atoms with Crippen molar-refractivity contribution < 1.29 is 19.1 Å². The Morgan fingerprint density at radius 2 is 1.69 bits per heavy atom. The van der Waals surface area contributed by atoms with Gasteiger partial charge in [0.1, 0.15) is 11.5 Å². The Hall–Kier alpha value is -3.26. The van der Waals surface area contributed by atoms with Crippen LogP contribution in [0.15, 0.2) is 42.5 Å². The molecule has 1 aliphatic heterocycles. The van der Waals surface area contributed by atoms with Gasteiger partial charge in [-0.25, -0.2) is 4.79 Å². The molecule has 1 fully saturated rings. The molecule has 8 nitrogen and oxygen atoms in total. The van der Waals surface area contributed by atoms with Crippen LogP contribution in [0.3, 0.4) is 0 Å². The Morgan fingerprint density at radius 1 is 1.00 bits per heavy atom. The van der Waals surface area contributed by atoms with Crippen LogP contribution in [0.5, 0.6) is 11.5 Å². The standard InChI is InChI=1S/C24H32N4O4/c1-17-5-7-19(8-6-17)26-23(29)16-27-11-13-28(14-12-27)24(30)25-18(2)21-15-20(31-3)9-10-22(21)32-4/h5-10,15,18H,11-14,16H2,1-4H3,(H,25,30)(H,26,29). The lowest BCUT2D eigenvalue weighted by Gasteiger charge is -2.35. The lowest BCUT2D eigenvalue weighted by atomic mass is 10.1. The number of urea groups is 1. The van der Waals surface area contributed by atoms with Gasteiger partial charge in [0.25, 0.3) is 0 Å². The predicted octanol–water partition coefficient (Wildman–Crippen LogP) is 3.04. The molecule has 0 bridgehead atoms. The number of rotatable bonds is 7. The van der Waals surface area contributed by atoms with Crippen molar-refractivity contribution in [3.05, 3.63) is 53.6 Å². The summed E-state index contributed by atoms with van der Waals surface area (Å²) < 4.78 is 10.7. The van der Waals surface area contributed by atoms with Crippen LogP contribution >= 0.6 is 0 Å². The molecule has 1 aliphatic rings. The van der Waals surface area contributed by atoms with Crippen molar-refractivity contribution in [2.24, 2.45) is 0 Å². The second-order valence-electron chi connectivity index (χ2n) is 7.96. The average Bonchev–Trinajstić information content (AvgIpc) is 2.80. The molecule has 1 heterocycles.